The van der Waals surface area contributed by atoms with Gasteiger partial charge in [0.05, 0.1) is 0 Å². The van der Waals surface area contributed by atoms with Gasteiger partial charge in [0.1, 0.15) is 0 Å². The van der Waals surface area contributed by atoms with Gasteiger partial charge in [-0.15, -0.1) is 0 Å². The van der Waals surface area contributed by atoms with E-state index in [9.17, 15) is 0 Å². The fraction of sp³-hybridized carbons (Fsp3) is 0.231. The zero-order valence-electron chi connectivity index (χ0n) is 8.70. The summed E-state index contributed by atoms with van der Waals surface area (Å²) in [7, 11) is 0. The molecule has 0 aromatic heterocycles. The second-order valence-corrected chi connectivity index (χ2v) is 3.77. The Morgan fingerprint density at radius 1 is 1.14 bits per heavy atom. The van der Waals surface area contributed by atoms with Crippen LogP contribution in [-0.4, -0.2) is 6.54 Å². The largest absolute Gasteiger partial charge is 0.344 e. The molecule has 0 saturated carbocycles. The molecule has 1 nitrogen and oxygen atoms in total. The zero-order valence-corrected chi connectivity index (χ0v) is 8.70. The molecule has 0 bridgehead atoms. The van der Waals surface area contributed by atoms with Crippen molar-refractivity contribution in [1.29, 1.82) is 0 Å². The maximum absolute atomic E-state index is 2.28. The molecule has 14 heavy (non-hydrogen) atoms. The number of hydrogen-bond acceptors (Lipinski definition) is 1. The molecule has 0 amide bonds. The second kappa shape index (κ2) is 3.70. The van der Waals surface area contributed by atoms with Gasteiger partial charge in [0.2, 0.25) is 0 Å². The molecule has 1 aliphatic rings. The topological polar surface area (TPSA) is 3.24 Å². The number of nitrogens with zero attached hydrogens (tertiary/aromatic N) is 1. The first-order chi connectivity index (χ1) is 6.77. The van der Waals surface area contributed by atoms with Crippen molar-refractivity contribution in [3.05, 3.63) is 53.8 Å². The lowest BCUT2D eigenvalue weighted by Crippen LogP contribution is -2.20. The van der Waals surface area contributed by atoms with Gasteiger partial charge < -0.3 is 4.90 Å². The van der Waals surface area contributed by atoms with Crippen LogP contribution in [0.3, 0.4) is 0 Å². The van der Waals surface area contributed by atoms with Gasteiger partial charge in [-0.3, -0.25) is 0 Å². The lowest BCUT2D eigenvalue weighted by Gasteiger charge is -2.24. The van der Waals surface area contributed by atoms with Crippen molar-refractivity contribution in [1.82, 2.24) is 0 Å². The summed E-state index contributed by atoms with van der Waals surface area (Å²) in [4.78, 5) is 2.28. The summed E-state index contributed by atoms with van der Waals surface area (Å²) in [5.41, 5.74) is 4.03. The zero-order chi connectivity index (χ0) is 9.97. The predicted molar refractivity (Wildman–Crippen MR) is 61.4 cm³/mol. The normalized spacial score (nSPS) is 15.6. The highest BCUT2D eigenvalue weighted by Crippen LogP contribution is 2.22. The Hall–Kier alpha value is -1.50. The molecule has 0 N–H and O–H groups in total. The van der Waals surface area contributed by atoms with Gasteiger partial charge in [-0.05, 0) is 31.6 Å². The van der Waals surface area contributed by atoms with E-state index in [0.717, 1.165) is 6.54 Å². The Balaban J connectivity index is 2.29. The number of benzene rings is 1. The maximum Gasteiger partial charge on any atom is 0.0438 e. The van der Waals surface area contributed by atoms with E-state index in [4.69, 9.17) is 0 Å². The molecule has 72 valence electrons. The summed E-state index contributed by atoms with van der Waals surface area (Å²) in [5.74, 6) is 0. The highest BCUT2D eigenvalue weighted by Gasteiger charge is 2.07. The number of hydrogen-bond donors (Lipinski definition) is 0. The summed E-state index contributed by atoms with van der Waals surface area (Å²) < 4.78 is 0. The molecule has 1 aromatic carbocycles. The molecular weight excluding hydrogens is 170 g/mol. The third-order valence-corrected chi connectivity index (χ3v) is 2.49. The Kier molecular flexibility index (Phi) is 2.40. The monoisotopic (exact) mass is 185 g/mol. The van der Waals surface area contributed by atoms with Gasteiger partial charge in [-0.1, -0.05) is 29.8 Å². The van der Waals surface area contributed by atoms with E-state index in [1.165, 1.54) is 16.8 Å². The first kappa shape index (κ1) is 9.07. The Labute approximate surface area is 85.4 Å². The molecule has 1 heteroatoms. The summed E-state index contributed by atoms with van der Waals surface area (Å²) in [6.45, 7) is 5.31. The van der Waals surface area contributed by atoms with Crippen LogP contribution in [0.25, 0.3) is 0 Å². The van der Waals surface area contributed by atoms with Crippen LogP contribution >= 0.6 is 0 Å². The SMILES string of the molecule is CC1=CC=CN(c2ccccc2C)C1. The number of anilines is 1. The summed E-state index contributed by atoms with van der Waals surface area (Å²) in [5, 5.41) is 0. The van der Waals surface area contributed by atoms with E-state index in [1.807, 2.05) is 0 Å². The number of para-hydroxylation sites is 1. The summed E-state index contributed by atoms with van der Waals surface area (Å²) in [6, 6.07) is 8.48. The van der Waals surface area contributed by atoms with Crippen LogP contribution in [0, 0.1) is 6.92 Å². The van der Waals surface area contributed by atoms with Crippen LogP contribution in [0.15, 0.2) is 48.2 Å². The van der Waals surface area contributed by atoms with Gasteiger partial charge in [-0.25, -0.2) is 0 Å². The molecule has 0 unspecified atom stereocenters. The Bertz CT molecular complexity index is 388. The molecule has 0 aliphatic carbocycles. The minimum absolute atomic E-state index is 1.00. The molecule has 1 aliphatic heterocycles. The van der Waals surface area contributed by atoms with E-state index < -0.39 is 0 Å². The first-order valence-corrected chi connectivity index (χ1v) is 4.93. The Morgan fingerprint density at radius 2 is 1.93 bits per heavy atom. The number of allylic oxidation sites excluding steroid dienone is 2. The molecule has 0 fully saturated rings. The van der Waals surface area contributed by atoms with Crippen LogP contribution in [0.1, 0.15) is 12.5 Å². The van der Waals surface area contributed by atoms with Crippen molar-refractivity contribution in [2.45, 2.75) is 13.8 Å². The Morgan fingerprint density at radius 3 is 2.64 bits per heavy atom. The lowest BCUT2D eigenvalue weighted by molar-refractivity contribution is 1.00. The van der Waals surface area contributed by atoms with Crippen molar-refractivity contribution in [2.24, 2.45) is 0 Å². The minimum atomic E-state index is 1.00. The molecule has 0 saturated heterocycles. The van der Waals surface area contributed by atoms with E-state index in [-0.39, 0.29) is 0 Å². The fourth-order valence-electron chi connectivity index (χ4n) is 1.74. The third-order valence-electron chi connectivity index (χ3n) is 2.49. The average molecular weight is 185 g/mol. The highest BCUT2D eigenvalue weighted by atomic mass is 15.1. The van der Waals surface area contributed by atoms with E-state index in [0.29, 0.717) is 0 Å². The highest BCUT2D eigenvalue weighted by molar-refractivity contribution is 5.57. The van der Waals surface area contributed by atoms with Crippen molar-refractivity contribution in [3.63, 3.8) is 0 Å². The lowest BCUT2D eigenvalue weighted by atomic mass is 10.1. The smallest absolute Gasteiger partial charge is 0.0438 e. The molecule has 0 atom stereocenters. The first-order valence-electron chi connectivity index (χ1n) is 4.93. The summed E-state index contributed by atoms with van der Waals surface area (Å²) in [6.07, 6.45) is 6.40. The molecule has 0 radical (unpaired) electrons. The van der Waals surface area contributed by atoms with Crippen molar-refractivity contribution >= 4 is 5.69 Å². The second-order valence-electron chi connectivity index (χ2n) is 3.77. The van der Waals surface area contributed by atoms with Crippen molar-refractivity contribution < 1.29 is 0 Å². The van der Waals surface area contributed by atoms with Crippen molar-refractivity contribution in [2.75, 3.05) is 11.4 Å². The van der Waals surface area contributed by atoms with E-state index in [2.05, 4.69) is 61.4 Å². The van der Waals surface area contributed by atoms with E-state index in [1.54, 1.807) is 0 Å². The molecule has 1 aromatic rings. The fourth-order valence-corrected chi connectivity index (χ4v) is 1.74. The van der Waals surface area contributed by atoms with Crippen LogP contribution in [0.2, 0.25) is 0 Å². The van der Waals surface area contributed by atoms with Gasteiger partial charge in [0.25, 0.3) is 0 Å². The van der Waals surface area contributed by atoms with Gasteiger partial charge in [0, 0.05) is 18.4 Å². The van der Waals surface area contributed by atoms with Gasteiger partial charge in [-0.2, -0.15) is 0 Å². The van der Waals surface area contributed by atoms with Gasteiger partial charge >= 0.3 is 0 Å². The average Bonchev–Trinajstić information content (AvgIpc) is 2.18. The standard InChI is InChI=1S/C13H15N/c1-11-6-5-9-14(10-11)13-8-4-3-7-12(13)2/h3-9H,10H2,1-2H3. The molecular formula is C13H15N. The van der Waals surface area contributed by atoms with Crippen LogP contribution in [-0.2, 0) is 0 Å². The minimum Gasteiger partial charge on any atom is -0.344 e. The van der Waals surface area contributed by atoms with E-state index >= 15 is 0 Å². The number of aryl methyl sites for hydroxylation is 1. The van der Waals surface area contributed by atoms with Crippen LogP contribution in [0.5, 0.6) is 0 Å². The molecule has 2 rings (SSSR count). The number of rotatable bonds is 1. The van der Waals surface area contributed by atoms with Crippen LogP contribution < -0.4 is 4.90 Å². The summed E-state index contributed by atoms with van der Waals surface area (Å²) >= 11 is 0. The molecule has 0 spiro atoms. The van der Waals surface area contributed by atoms with Crippen molar-refractivity contribution in [3.8, 4) is 0 Å². The quantitative estimate of drug-likeness (QED) is 0.649. The third kappa shape index (κ3) is 1.72. The van der Waals surface area contributed by atoms with Gasteiger partial charge in [0.15, 0.2) is 0 Å². The molecule has 1 heterocycles. The van der Waals surface area contributed by atoms with Crippen LogP contribution in [0.4, 0.5) is 5.69 Å². The predicted octanol–water partition coefficient (Wildman–Crippen LogP) is 3.28. The maximum atomic E-state index is 2.28.